The molecule has 2 aromatic carbocycles. The number of benzene rings is 2. The predicted octanol–water partition coefficient (Wildman–Crippen LogP) is 3.60. The number of carbonyl (C=O) groups excluding carboxylic acids is 1. The van der Waals surface area contributed by atoms with E-state index in [1.807, 2.05) is 0 Å². The third-order valence-electron chi connectivity index (χ3n) is 4.19. The van der Waals surface area contributed by atoms with Crippen LogP contribution in [0.3, 0.4) is 0 Å². The smallest absolute Gasteiger partial charge is 0.257 e. The Bertz CT molecular complexity index is 941. The third-order valence-corrected chi connectivity index (χ3v) is 4.19. The molecule has 1 aliphatic heterocycles. The van der Waals surface area contributed by atoms with Gasteiger partial charge in [-0.1, -0.05) is 29.4 Å². The number of halogens is 2. The van der Waals surface area contributed by atoms with Crippen molar-refractivity contribution in [2.45, 2.75) is 12.5 Å². The Kier molecular flexibility index (Phi) is 3.76. The van der Waals surface area contributed by atoms with Crippen LogP contribution in [0.4, 0.5) is 8.78 Å². The van der Waals surface area contributed by atoms with E-state index < -0.39 is 23.6 Å². The third kappa shape index (κ3) is 2.77. The van der Waals surface area contributed by atoms with Crippen molar-refractivity contribution in [3.63, 3.8) is 0 Å². The molecule has 1 atom stereocenters. The van der Waals surface area contributed by atoms with Crippen molar-refractivity contribution in [2.75, 3.05) is 6.54 Å². The molecule has 1 aromatic heterocycles. The minimum atomic E-state index is -0.566. The van der Waals surface area contributed by atoms with Crippen LogP contribution in [0, 0.1) is 11.6 Å². The van der Waals surface area contributed by atoms with E-state index in [0.29, 0.717) is 18.5 Å². The average molecular weight is 341 g/mol. The van der Waals surface area contributed by atoms with Gasteiger partial charge in [0.05, 0.1) is 5.56 Å². The first-order valence-corrected chi connectivity index (χ1v) is 7.78. The van der Waals surface area contributed by atoms with Crippen LogP contribution in [0.25, 0.3) is 11.4 Å². The molecule has 126 valence electrons. The van der Waals surface area contributed by atoms with Crippen LogP contribution >= 0.6 is 0 Å². The zero-order chi connectivity index (χ0) is 17.4. The summed E-state index contributed by atoms with van der Waals surface area (Å²) in [6, 6.07) is 11.3. The molecule has 1 saturated heterocycles. The van der Waals surface area contributed by atoms with Gasteiger partial charge in [0, 0.05) is 12.1 Å². The maximum Gasteiger partial charge on any atom is 0.257 e. The summed E-state index contributed by atoms with van der Waals surface area (Å²) in [7, 11) is 0. The molecule has 0 radical (unpaired) electrons. The molecular formula is C18H13F2N3O2. The van der Waals surface area contributed by atoms with Gasteiger partial charge in [-0.3, -0.25) is 4.79 Å². The van der Waals surface area contributed by atoms with Crippen LogP contribution in [-0.4, -0.2) is 27.5 Å². The van der Waals surface area contributed by atoms with Gasteiger partial charge in [0.1, 0.15) is 17.7 Å². The standard InChI is InChI=1S/C18H13F2N3O2/c19-12-5-3-4-11(10-12)16-21-17(25-22-16)15-8-9-23(15)18(24)13-6-1-2-7-14(13)20/h1-7,10,15H,8-9H2/t15-/m0/s1. The van der Waals surface area contributed by atoms with Crippen molar-refractivity contribution in [1.29, 1.82) is 0 Å². The molecule has 7 heteroatoms. The molecule has 0 spiro atoms. The summed E-state index contributed by atoms with van der Waals surface area (Å²) in [6.07, 6.45) is 0.644. The number of likely N-dealkylation sites (tertiary alicyclic amines) is 1. The van der Waals surface area contributed by atoms with E-state index in [9.17, 15) is 13.6 Å². The lowest BCUT2D eigenvalue weighted by molar-refractivity contribution is 0.0374. The fourth-order valence-electron chi connectivity index (χ4n) is 2.79. The zero-order valence-electron chi connectivity index (χ0n) is 13.0. The summed E-state index contributed by atoms with van der Waals surface area (Å²) in [5.41, 5.74) is 0.498. The highest BCUT2D eigenvalue weighted by molar-refractivity contribution is 5.95. The Morgan fingerprint density at radius 3 is 2.72 bits per heavy atom. The van der Waals surface area contributed by atoms with Gasteiger partial charge < -0.3 is 9.42 Å². The van der Waals surface area contributed by atoms with Crippen LogP contribution in [0.15, 0.2) is 53.1 Å². The van der Waals surface area contributed by atoms with Crippen LogP contribution in [-0.2, 0) is 0 Å². The second-order valence-electron chi connectivity index (χ2n) is 5.75. The summed E-state index contributed by atoms with van der Waals surface area (Å²) >= 11 is 0. The molecule has 3 aromatic rings. The van der Waals surface area contributed by atoms with E-state index >= 15 is 0 Å². The molecule has 4 rings (SSSR count). The predicted molar refractivity (Wildman–Crippen MR) is 84.5 cm³/mol. The summed E-state index contributed by atoms with van der Waals surface area (Å²) in [5, 5.41) is 3.85. The van der Waals surface area contributed by atoms with E-state index in [2.05, 4.69) is 10.1 Å². The molecule has 1 aliphatic rings. The van der Waals surface area contributed by atoms with E-state index in [1.165, 1.54) is 35.2 Å². The van der Waals surface area contributed by atoms with Gasteiger partial charge in [-0.25, -0.2) is 8.78 Å². The quantitative estimate of drug-likeness (QED) is 0.730. The Balaban J connectivity index is 1.57. The first-order chi connectivity index (χ1) is 12.1. The van der Waals surface area contributed by atoms with Crippen LogP contribution < -0.4 is 0 Å². The number of nitrogens with zero attached hydrogens (tertiary/aromatic N) is 3. The average Bonchev–Trinajstić information content (AvgIpc) is 3.03. The molecular weight excluding hydrogens is 328 g/mol. The largest absolute Gasteiger partial charge is 0.337 e. The molecule has 0 saturated carbocycles. The second kappa shape index (κ2) is 6.08. The van der Waals surface area contributed by atoms with Gasteiger partial charge in [-0.15, -0.1) is 0 Å². The lowest BCUT2D eigenvalue weighted by atomic mass is 10.0. The maximum atomic E-state index is 13.8. The Hall–Kier alpha value is -3.09. The lowest BCUT2D eigenvalue weighted by Gasteiger charge is -2.38. The Morgan fingerprint density at radius 2 is 2.00 bits per heavy atom. The summed E-state index contributed by atoms with van der Waals surface area (Å²) < 4.78 is 32.4. The Labute approximate surface area is 141 Å². The number of rotatable bonds is 3. The van der Waals surface area contributed by atoms with Gasteiger partial charge in [0.2, 0.25) is 11.7 Å². The summed E-state index contributed by atoms with van der Waals surface area (Å²) in [5.74, 6) is -0.872. The number of amides is 1. The van der Waals surface area contributed by atoms with Crippen molar-refractivity contribution in [3.8, 4) is 11.4 Å². The fraction of sp³-hybridized carbons (Fsp3) is 0.167. The van der Waals surface area contributed by atoms with Gasteiger partial charge in [-0.05, 0) is 30.7 Å². The van der Waals surface area contributed by atoms with Gasteiger partial charge in [0.15, 0.2) is 0 Å². The molecule has 0 N–H and O–H groups in total. The molecule has 1 fully saturated rings. The van der Waals surface area contributed by atoms with Crippen molar-refractivity contribution in [3.05, 3.63) is 71.6 Å². The van der Waals surface area contributed by atoms with E-state index in [-0.39, 0.29) is 17.3 Å². The van der Waals surface area contributed by atoms with E-state index in [1.54, 1.807) is 18.2 Å². The van der Waals surface area contributed by atoms with E-state index in [0.717, 1.165) is 0 Å². The molecule has 0 aliphatic carbocycles. The summed E-state index contributed by atoms with van der Waals surface area (Å²) in [4.78, 5) is 18.2. The van der Waals surface area contributed by atoms with Crippen LogP contribution in [0.2, 0.25) is 0 Å². The highest BCUT2D eigenvalue weighted by Gasteiger charge is 2.38. The topological polar surface area (TPSA) is 59.2 Å². The normalized spacial score (nSPS) is 16.6. The molecule has 0 bridgehead atoms. The summed E-state index contributed by atoms with van der Waals surface area (Å²) in [6.45, 7) is 0.482. The number of hydrogen-bond acceptors (Lipinski definition) is 4. The number of hydrogen-bond donors (Lipinski definition) is 0. The number of carbonyl (C=O) groups is 1. The number of aromatic nitrogens is 2. The highest BCUT2D eigenvalue weighted by Crippen LogP contribution is 2.34. The Morgan fingerprint density at radius 1 is 1.16 bits per heavy atom. The molecule has 25 heavy (non-hydrogen) atoms. The van der Waals surface area contributed by atoms with Crippen molar-refractivity contribution in [2.24, 2.45) is 0 Å². The lowest BCUT2D eigenvalue weighted by Crippen LogP contribution is -2.45. The monoisotopic (exact) mass is 341 g/mol. The first kappa shape index (κ1) is 15.4. The van der Waals surface area contributed by atoms with Gasteiger partial charge >= 0.3 is 0 Å². The molecule has 0 unspecified atom stereocenters. The van der Waals surface area contributed by atoms with Crippen molar-refractivity contribution in [1.82, 2.24) is 15.0 Å². The first-order valence-electron chi connectivity index (χ1n) is 7.78. The molecule has 1 amide bonds. The van der Waals surface area contributed by atoms with Crippen molar-refractivity contribution < 1.29 is 18.1 Å². The molecule has 5 nitrogen and oxygen atoms in total. The second-order valence-corrected chi connectivity index (χ2v) is 5.75. The van der Waals surface area contributed by atoms with Crippen LogP contribution in [0.1, 0.15) is 28.7 Å². The SMILES string of the molecule is O=C(c1ccccc1F)N1CC[C@H]1c1nc(-c2cccc(F)c2)no1. The van der Waals surface area contributed by atoms with Crippen molar-refractivity contribution >= 4 is 5.91 Å². The maximum absolute atomic E-state index is 13.8. The fourth-order valence-corrected chi connectivity index (χ4v) is 2.79. The van der Waals surface area contributed by atoms with Crippen LogP contribution in [0.5, 0.6) is 0 Å². The van der Waals surface area contributed by atoms with E-state index in [4.69, 9.17) is 4.52 Å². The van der Waals surface area contributed by atoms with Gasteiger partial charge in [0.25, 0.3) is 5.91 Å². The highest BCUT2D eigenvalue weighted by atomic mass is 19.1. The molecule has 2 heterocycles. The minimum Gasteiger partial charge on any atom is -0.337 e. The van der Waals surface area contributed by atoms with Gasteiger partial charge in [-0.2, -0.15) is 4.98 Å². The minimum absolute atomic E-state index is 0.0112. The zero-order valence-corrected chi connectivity index (χ0v) is 13.0.